The van der Waals surface area contributed by atoms with Crippen molar-refractivity contribution in [2.45, 2.75) is 31.8 Å². The summed E-state index contributed by atoms with van der Waals surface area (Å²) >= 11 is 1.75. The summed E-state index contributed by atoms with van der Waals surface area (Å²) in [6.45, 7) is 4.23. The fraction of sp³-hybridized carbons (Fsp3) is 0.500. The SMILES string of the molecule is CSCCCN1C(=O)C(c2ccccc2)NC(=O)C1(C)C. The van der Waals surface area contributed by atoms with Crippen molar-refractivity contribution in [1.29, 1.82) is 0 Å². The molecule has 21 heavy (non-hydrogen) atoms. The van der Waals surface area contributed by atoms with E-state index in [1.165, 1.54) is 0 Å². The third-order valence-electron chi connectivity index (χ3n) is 3.88. The lowest BCUT2D eigenvalue weighted by Gasteiger charge is -2.44. The van der Waals surface area contributed by atoms with E-state index in [9.17, 15) is 9.59 Å². The summed E-state index contributed by atoms with van der Waals surface area (Å²) in [4.78, 5) is 26.9. The Morgan fingerprint density at radius 3 is 2.52 bits per heavy atom. The monoisotopic (exact) mass is 306 g/mol. The van der Waals surface area contributed by atoms with Crippen LogP contribution in [0.5, 0.6) is 0 Å². The molecular weight excluding hydrogens is 284 g/mol. The summed E-state index contributed by atoms with van der Waals surface area (Å²) in [5.74, 6) is 0.865. The number of amides is 2. The first-order valence-electron chi connectivity index (χ1n) is 7.15. The molecule has 114 valence electrons. The van der Waals surface area contributed by atoms with Gasteiger partial charge in [-0.3, -0.25) is 9.59 Å². The summed E-state index contributed by atoms with van der Waals surface area (Å²) in [6, 6.07) is 8.85. The van der Waals surface area contributed by atoms with Gasteiger partial charge in [0.05, 0.1) is 0 Å². The Labute approximate surface area is 130 Å². The summed E-state index contributed by atoms with van der Waals surface area (Å²) in [5, 5.41) is 2.86. The van der Waals surface area contributed by atoms with Crippen molar-refractivity contribution in [3.05, 3.63) is 35.9 Å². The largest absolute Gasteiger partial charge is 0.338 e. The predicted molar refractivity (Wildman–Crippen MR) is 86.1 cm³/mol. The number of nitrogens with one attached hydrogen (secondary N) is 1. The van der Waals surface area contributed by atoms with Crippen LogP contribution in [0.25, 0.3) is 0 Å². The Morgan fingerprint density at radius 1 is 1.24 bits per heavy atom. The Hall–Kier alpha value is -1.49. The highest BCUT2D eigenvalue weighted by Crippen LogP contribution is 2.28. The molecule has 1 aliphatic heterocycles. The first-order valence-corrected chi connectivity index (χ1v) is 8.54. The van der Waals surface area contributed by atoms with Gasteiger partial charge in [-0.1, -0.05) is 30.3 Å². The lowest BCUT2D eigenvalue weighted by Crippen LogP contribution is -2.65. The minimum Gasteiger partial charge on any atom is -0.338 e. The van der Waals surface area contributed by atoms with E-state index in [1.807, 2.05) is 36.6 Å². The van der Waals surface area contributed by atoms with Gasteiger partial charge in [0.1, 0.15) is 11.6 Å². The molecule has 0 aliphatic carbocycles. The Balaban J connectivity index is 2.24. The normalized spacial score (nSPS) is 21.3. The zero-order chi connectivity index (χ0) is 15.5. The summed E-state index contributed by atoms with van der Waals surface area (Å²) in [5.41, 5.74) is 0.0436. The molecule has 1 saturated heterocycles. The number of nitrogens with zero attached hydrogens (tertiary/aromatic N) is 1. The van der Waals surface area contributed by atoms with Crippen LogP contribution in [0.2, 0.25) is 0 Å². The predicted octanol–water partition coefficient (Wildman–Crippen LogP) is 2.22. The van der Waals surface area contributed by atoms with Crippen molar-refractivity contribution in [3.63, 3.8) is 0 Å². The second kappa shape index (κ2) is 6.52. The van der Waals surface area contributed by atoms with E-state index in [4.69, 9.17) is 0 Å². The molecule has 5 heteroatoms. The highest BCUT2D eigenvalue weighted by molar-refractivity contribution is 7.98. The highest BCUT2D eigenvalue weighted by Gasteiger charge is 2.46. The molecule has 1 aliphatic rings. The Kier molecular flexibility index (Phi) is 4.93. The standard InChI is InChI=1S/C16H22N2O2S/c1-16(2)15(20)17-13(12-8-5-4-6-9-12)14(19)18(16)10-7-11-21-3/h4-6,8-9,13H,7,10-11H2,1-3H3,(H,17,20). The highest BCUT2D eigenvalue weighted by atomic mass is 32.2. The maximum Gasteiger partial charge on any atom is 0.250 e. The molecule has 0 spiro atoms. The number of rotatable bonds is 5. The second-order valence-corrected chi connectivity index (χ2v) is 6.70. The van der Waals surface area contributed by atoms with Crippen molar-refractivity contribution in [3.8, 4) is 0 Å². The van der Waals surface area contributed by atoms with E-state index in [1.54, 1.807) is 30.5 Å². The molecule has 1 fully saturated rings. The quantitative estimate of drug-likeness (QED) is 0.849. The van der Waals surface area contributed by atoms with E-state index in [2.05, 4.69) is 5.32 Å². The number of benzene rings is 1. The van der Waals surface area contributed by atoms with Gasteiger partial charge in [0, 0.05) is 6.54 Å². The average Bonchev–Trinajstić information content (AvgIpc) is 2.47. The van der Waals surface area contributed by atoms with Crippen LogP contribution < -0.4 is 5.32 Å². The van der Waals surface area contributed by atoms with Gasteiger partial charge >= 0.3 is 0 Å². The Bertz CT molecular complexity index is 516. The fourth-order valence-electron chi connectivity index (χ4n) is 2.55. The molecule has 2 amide bonds. The van der Waals surface area contributed by atoms with Crippen LogP contribution in [-0.2, 0) is 9.59 Å². The van der Waals surface area contributed by atoms with Gasteiger partial charge in [0.2, 0.25) is 5.91 Å². The third-order valence-corrected chi connectivity index (χ3v) is 4.58. The van der Waals surface area contributed by atoms with Gasteiger partial charge in [-0.2, -0.15) is 11.8 Å². The maximum atomic E-state index is 12.8. The van der Waals surface area contributed by atoms with Gasteiger partial charge in [0.25, 0.3) is 5.91 Å². The Morgan fingerprint density at radius 2 is 1.90 bits per heavy atom. The smallest absolute Gasteiger partial charge is 0.250 e. The lowest BCUT2D eigenvalue weighted by molar-refractivity contribution is -0.155. The molecule has 1 unspecified atom stereocenters. The van der Waals surface area contributed by atoms with Crippen molar-refractivity contribution in [1.82, 2.24) is 10.2 Å². The van der Waals surface area contributed by atoms with Crippen LogP contribution in [0.15, 0.2) is 30.3 Å². The first kappa shape index (κ1) is 15.9. The molecule has 1 atom stereocenters. The van der Waals surface area contributed by atoms with Gasteiger partial charge in [-0.15, -0.1) is 0 Å². The van der Waals surface area contributed by atoms with E-state index < -0.39 is 11.6 Å². The number of hydrogen-bond acceptors (Lipinski definition) is 3. The summed E-state index contributed by atoms with van der Waals surface area (Å²) < 4.78 is 0. The topological polar surface area (TPSA) is 49.4 Å². The number of carbonyl (C=O) groups excluding carboxylic acids is 2. The van der Waals surface area contributed by atoms with Gasteiger partial charge < -0.3 is 10.2 Å². The number of thioether (sulfide) groups is 1. The maximum absolute atomic E-state index is 12.8. The van der Waals surface area contributed by atoms with E-state index in [0.29, 0.717) is 6.54 Å². The van der Waals surface area contributed by atoms with Crippen LogP contribution in [0, 0.1) is 0 Å². The number of hydrogen-bond donors (Lipinski definition) is 1. The molecule has 1 aromatic rings. The lowest BCUT2D eigenvalue weighted by atomic mass is 9.92. The summed E-state index contributed by atoms with van der Waals surface area (Å²) in [6.07, 6.45) is 2.94. The van der Waals surface area contributed by atoms with Crippen LogP contribution >= 0.6 is 11.8 Å². The first-order chi connectivity index (χ1) is 9.98. The third kappa shape index (κ3) is 3.23. The van der Waals surface area contributed by atoms with Gasteiger partial charge in [0.15, 0.2) is 0 Å². The molecule has 1 N–H and O–H groups in total. The van der Waals surface area contributed by atoms with Crippen molar-refractivity contribution in [2.75, 3.05) is 18.6 Å². The van der Waals surface area contributed by atoms with Crippen LogP contribution in [0.3, 0.4) is 0 Å². The molecule has 0 radical (unpaired) electrons. The molecule has 1 heterocycles. The van der Waals surface area contributed by atoms with Crippen molar-refractivity contribution < 1.29 is 9.59 Å². The zero-order valence-corrected chi connectivity index (χ0v) is 13.6. The molecular formula is C16H22N2O2S. The number of piperazine rings is 1. The van der Waals surface area contributed by atoms with Gasteiger partial charge in [-0.25, -0.2) is 0 Å². The molecule has 2 rings (SSSR count). The van der Waals surface area contributed by atoms with Crippen molar-refractivity contribution in [2.24, 2.45) is 0 Å². The summed E-state index contributed by atoms with van der Waals surface area (Å²) in [7, 11) is 0. The van der Waals surface area contributed by atoms with Crippen LogP contribution in [-0.4, -0.2) is 40.8 Å². The van der Waals surface area contributed by atoms with Gasteiger partial charge in [-0.05, 0) is 37.8 Å². The minimum atomic E-state index is -0.791. The average molecular weight is 306 g/mol. The van der Waals surface area contributed by atoms with Crippen LogP contribution in [0.1, 0.15) is 31.9 Å². The second-order valence-electron chi connectivity index (χ2n) is 5.71. The molecule has 1 aromatic carbocycles. The fourth-order valence-corrected chi connectivity index (χ4v) is 2.97. The van der Waals surface area contributed by atoms with Crippen molar-refractivity contribution >= 4 is 23.6 Å². The minimum absolute atomic E-state index is 0.0214. The molecule has 4 nitrogen and oxygen atoms in total. The van der Waals surface area contributed by atoms with Crippen LogP contribution in [0.4, 0.5) is 0 Å². The molecule has 0 bridgehead atoms. The number of carbonyl (C=O) groups is 2. The van der Waals surface area contributed by atoms with E-state index in [-0.39, 0.29) is 11.8 Å². The molecule has 0 saturated carbocycles. The zero-order valence-electron chi connectivity index (χ0n) is 12.8. The van der Waals surface area contributed by atoms with E-state index >= 15 is 0 Å². The van der Waals surface area contributed by atoms with E-state index in [0.717, 1.165) is 17.7 Å². The molecule has 0 aromatic heterocycles.